The van der Waals surface area contributed by atoms with Crippen LogP contribution in [0, 0.1) is 5.82 Å². The van der Waals surface area contributed by atoms with Gasteiger partial charge < -0.3 is 9.30 Å². The fourth-order valence-corrected chi connectivity index (χ4v) is 1.62. The Labute approximate surface area is 96.2 Å². The molecule has 0 amide bonds. The molecular weight excluding hydrogens is 225 g/mol. The summed E-state index contributed by atoms with van der Waals surface area (Å²) in [6.07, 6.45) is 1.45. The predicted octanol–water partition coefficient (Wildman–Crippen LogP) is 1.31. The minimum Gasteiger partial charge on any atom is -0.468 e. The summed E-state index contributed by atoms with van der Waals surface area (Å²) < 4.78 is 19.1. The first-order valence-corrected chi connectivity index (χ1v) is 4.97. The molecule has 4 nitrogen and oxygen atoms in total. The van der Waals surface area contributed by atoms with E-state index in [0.717, 1.165) is 0 Å². The van der Waals surface area contributed by atoms with Gasteiger partial charge in [0, 0.05) is 17.6 Å². The lowest BCUT2D eigenvalue weighted by atomic mass is 10.2. The van der Waals surface area contributed by atoms with Gasteiger partial charge in [-0.1, -0.05) is 0 Å². The molecule has 0 bridgehead atoms. The molecule has 0 aliphatic heterocycles. The average molecular weight is 235 g/mol. The third-order valence-corrected chi connectivity index (χ3v) is 2.47. The molecule has 0 unspecified atom stereocenters. The molecule has 0 aliphatic carbocycles. The quantitative estimate of drug-likeness (QED) is 0.737. The van der Waals surface area contributed by atoms with Crippen molar-refractivity contribution in [1.82, 2.24) is 4.57 Å². The highest BCUT2D eigenvalue weighted by atomic mass is 19.1. The van der Waals surface area contributed by atoms with E-state index >= 15 is 0 Å². The van der Waals surface area contributed by atoms with Gasteiger partial charge in [0.05, 0.1) is 12.6 Å². The Bertz CT molecular complexity index is 633. The van der Waals surface area contributed by atoms with Crippen LogP contribution in [0.5, 0.6) is 0 Å². The summed E-state index contributed by atoms with van der Waals surface area (Å²) in [6.45, 7) is -0.0588. The molecule has 2 rings (SSSR count). The van der Waals surface area contributed by atoms with Crippen LogP contribution in [0.3, 0.4) is 0 Å². The number of hydrogen-bond donors (Lipinski definition) is 0. The third kappa shape index (κ3) is 2.18. The number of carbonyl (C=O) groups excluding carboxylic acids is 1. The van der Waals surface area contributed by atoms with Crippen LogP contribution in [0.25, 0.3) is 10.9 Å². The summed E-state index contributed by atoms with van der Waals surface area (Å²) in [5.74, 6) is -0.916. The SMILES string of the molecule is COC(=O)Cn1ccc(=O)c2ccc(F)cc21. The second kappa shape index (κ2) is 4.37. The molecule has 0 spiro atoms. The van der Waals surface area contributed by atoms with Crippen LogP contribution in [0.1, 0.15) is 0 Å². The Hall–Kier alpha value is -2.17. The summed E-state index contributed by atoms with van der Waals surface area (Å²) in [4.78, 5) is 22.7. The zero-order valence-electron chi connectivity index (χ0n) is 9.14. The van der Waals surface area contributed by atoms with Crippen molar-refractivity contribution in [2.24, 2.45) is 0 Å². The Kier molecular flexibility index (Phi) is 2.91. The fourth-order valence-electron chi connectivity index (χ4n) is 1.62. The van der Waals surface area contributed by atoms with Gasteiger partial charge in [-0.25, -0.2) is 4.39 Å². The minimum absolute atomic E-state index is 0.0588. The van der Waals surface area contributed by atoms with Crippen LogP contribution in [-0.2, 0) is 16.1 Å². The number of nitrogens with zero attached hydrogens (tertiary/aromatic N) is 1. The van der Waals surface area contributed by atoms with Gasteiger partial charge in [-0.05, 0) is 18.2 Å². The fraction of sp³-hybridized carbons (Fsp3) is 0.167. The minimum atomic E-state index is -0.459. The normalized spacial score (nSPS) is 10.5. The van der Waals surface area contributed by atoms with E-state index in [1.54, 1.807) is 0 Å². The lowest BCUT2D eigenvalue weighted by molar-refractivity contribution is -0.141. The third-order valence-electron chi connectivity index (χ3n) is 2.47. The molecule has 0 fully saturated rings. The zero-order valence-corrected chi connectivity index (χ0v) is 9.14. The molecule has 17 heavy (non-hydrogen) atoms. The smallest absolute Gasteiger partial charge is 0.325 e. The van der Waals surface area contributed by atoms with Crippen molar-refractivity contribution >= 4 is 16.9 Å². The van der Waals surface area contributed by atoms with Crippen molar-refractivity contribution in [3.63, 3.8) is 0 Å². The standard InChI is InChI=1S/C12H10FNO3/c1-17-12(16)7-14-5-4-11(15)9-3-2-8(13)6-10(9)14/h2-6H,7H2,1H3. The largest absolute Gasteiger partial charge is 0.468 e. The predicted molar refractivity (Wildman–Crippen MR) is 60.2 cm³/mol. The Morgan fingerprint density at radius 1 is 1.41 bits per heavy atom. The van der Waals surface area contributed by atoms with E-state index in [1.165, 1.54) is 42.1 Å². The van der Waals surface area contributed by atoms with Gasteiger partial charge in [0.25, 0.3) is 0 Å². The van der Waals surface area contributed by atoms with E-state index in [2.05, 4.69) is 4.74 Å². The summed E-state index contributed by atoms with van der Waals surface area (Å²) >= 11 is 0. The molecular formula is C12H10FNO3. The van der Waals surface area contributed by atoms with Crippen LogP contribution < -0.4 is 5.43 Å². The number of benzene rings is 1. The van der Waals surface area contributed by atoms with Gasteiger partial charge in [-0.15, -0.1) is 0 Å². The number of fused-ring (bicyclic) bond motifs is 1. The first kappa shape index (κ1) is 11.3. The molecule has 0 atom stereocenters. The lowest BCUT2D eigenvalue weighted by Gasteiger charge is -2.09. The number of rotatable bonds is 2. The highest BCUT2D eigenvalue weighted by Gasteiger charge is 2.07. The van der Waals surface area contributed by atoms with Crippen LogP contribution in [0.15, 0.2) is 35.3 Å². The number of carbonyl (C=O) groups is 1. The Balaban J connectivity index is 2.64. The highest BCUT2D eigenvalue weighted by Crippen LogP contribution is 2.12. The van der Waals surface area contributed by atoms with Crippen molar-refractivity contribution in [3.8, 4) is 0 Å². The number of halogens is 1. The van der Waals surface area contributed by atoms with Crippen LogP contribution in [0.2, 0.25) is 0 Å². The monoisotopic (exact) mass is 235 g/mol. The van der Waals surface area contributed by atoms with E-state index < -0.39 is 11.8 Å². The number of esters is 1. The van der Waals surface area contributed by atoms with Crippen molar-refractivity contribution < 1.29 is 13.9 Å². The van der Waals surface area contributed by atoms with Crippen LogP contribution in [0.4, 0.5) is 4.39 Å². The molecule has 2 aromatic rings. The van der Waals surface area contributed by atoms with E-state index in [1.807, 2.05) is 0 Å². The van der Waals surface area contributed by atoms with Gasteiger partial charge in [0.15, 0.2) is 5.43 Å². The molecule has 0 N–H and O–H groups in total. The van der Waals surface area contributed by atoms with Crippen molar-refractivity contribution in [2.75, 3.05) is 7.11 Å². The topological polar surface area (TPSA) is 48.3 Å². The Morgan fingerprint density at radius 3 is 2.88 bits per heavy atom. The molecule has 5 heteroatoms. The number of pyridine rings is 1. The van der Waals surface area contributed by atoms with Crippen LogP contribution in [-0.4, -0.2) is 17.6 Å². The Morgan fingerprint density at radius 2 is 2.18 bits per heavy atom. The van der Waals surface area contributed by atoms with Gasteiger partial charge >= 0.3 is 5.97 Å². The maximum Gasteiger partial charge on any atom is 0.325 e. The molecule has 0 saturated heterocycles. The van der Waals surface area contributed by atoms with Gasteiger partial charge in [-0.3, -0.25) is 9.59 Å². The number of methoxy groups -OCH3 is 1. The van der Waals surface area contributed by atoms with E-state index in [9.17, 15) is 14.0 Å². The number of aromatic nitrogens is 1. The summed E-state index contributed by atoms with van der Waals surface area (Å²) in [6, 6.07) is 5.18. The maximum absolute atomic E-state index is 13.1. The second-order valence-electron chi connectivity index (χ2n) is 3.55. The highest BCUT2D eigenvalue weighted by molar-refractivity contribution is 5.80. The van der Waals surface area contributed by atoms with Crippen LogP contribution >= 0.6 is 0 Å². The summed E-state index contributed by atoms with van der Waals surface area (Å²) in [7, 11) is 1.27. The number of ether oxygens (including phenoxy) is 1. The lowest BCUT2D eigenvalue weighted by Crippen LogP contribution is -2.15. The first-order chi connectivity index (χ1) is 8.11. The van der Waals surface area contributed by atoms with Crippen molar-refractivity contribution in [3.05, 3.63) is 46.5 Å². The van der Waals surface area contributed by atoms with Crippen molar-refractivity contribution in [2.45, 2.75) is 6.54 Å². The number of hydrogen-bond acceptors (Lipinski definition) is 3. The zero-order chi connectivity index (χ0) is 12.4. The molecule has 1 aromatic heterocycles. The van der Waals surface area contributed by atoms with Gasteiger partial charge in [0.1, 0.15) is 12.4 Å². The summed E-state index contributed by atoms with van der Waals surface area (Å²) in [5, 5.41) is 0.373. The molecule has 88 valence electrons. The van der Waals surface area contributed by atoms with Crippen molar-refractivity contribution in [1.29, 1.82) is 0 Å². The molecule has 0 radical (unpaired) electrons. The van der Waals surface area contributed by atoms with Gasteiger partial charge in [-0.2, -0.15) is 0 Å². The average Bonchev–Trinajstić information content (AvgIpc) is 2.32. The molecule has 0 saturated carbocycles. The van der Waals surface area contributed by atoms with Gasteiger partial charge in [0.2, 0.25) is 0 Å². The van der Waals surface area contributed by atoms with E-state index in [-0.39, 0.29) is 12.0 Å². The molecule has 0 aliphatic rings. The molecule has 1 heterocycles. The maximum atomic E-state index is 13.1. The second-order valence-corrected chi connectivity index (χ2v) is 3.55. The van der Waals surface area contributed by atoms with E-state index in [0.29, 0.717) is 10.9 Å². The van der Waals surface area contributed by atoms with E-state index in [4.69, 9.17) is 0 Å². The first-order valence-electron chi connectivity index (χ1n) is 4.97. The molecule has 1 aromatic carbocycles. The summed E-state index contributed by atoms with van der Waals surface area (Å²) in [5.41, 5.74) is 0.170.